The molecule has 0 aliphatic carbocycles. The van der Waals surface area contributed by atoms with E-state index in [2.05, 4.69) is 6.92 Å². The molecule has 1 atom stereocenters. The van der Waals surface area contributed by atoms with E-state index in [1.165, 1.54) is 0 Å². The molecule has 0 amide bonds. The molecule has 5 nitrogen and oxygen atoms in total. The van der Waals surface area contributed by atoms with Gasteiger partial charge in [0.1, 0.15) is 5.54 Å². The number of hydrogen-bond donors (Lipinski definition) is 2. The minimum Gasteiger partial charge on any atom is -0.480 e. The van der Waals surface area contributed by atoms with Gasteiger partial charge < -0.3 is 20.3 Å². The fourth-order valence-corrected chi connectivity index (χ4v) is 1.49. The summed E-state index contributed by atoms with van der Waals surface area (Å²) in [4.78, 5) is 10.9. The van der Waals surface area contributed by atoms with Gasteiger partial charge in [-0.1, -0.05) is 20.3 Å². The number of rotatable bonds is 12. The number of ether oxygens (including phenoxy) is 2. The Labute approximate surface area is 110 Å². The topological polar surface area (TPSA) is 81.8 Å². The van der Waals surface area contributed by atoms with Gasteiger partial charge in [0.05, 0.1) is 13.2 Å². The Balaban J connectivity index is 3.42. The Kier molecular flexibility index (Phi) is 9.92. The van der Waals surface area contributed by atoms with Crippen LogP contribution in [0.15, 0.2) is 0 Å². The maximum atomic E-state index is 10.9. The van der Waals surface area contributed by atoms with Crippen molar-refractivity contribution in [3.8, 4) is 0 Å². The Hall–Kier alpha value is -0.650. The van der Waals surface area contributed by atoms with Gasteiger partial charge >= 0.3 is 5.97 Å². The average Bonchev–Trinajstić information content (AvgIpc) is 2.36. The SMILES string of the molecule is CCCCOCCOCCCC(N)(CC)C(=O)O. The lowest BCUT2D eigenvalue weighted by atomic mass is 9.92. The van der Waals surface area contributed by atoms with E-state index in [0.29, 0.717) is 39.1 Å². The molecule has 0 rings (SSSR count). The van der Waals surface area contributed by atoms with Gasteiger partial charge in [-0.05, 0) is 25.7 Å². The molecule has 0 radical (unpaired) electrons. The maximum absolute atomic E-state index is 10.9. The van der Waals surface area contributed by atoms with Crippen LogP contribution < -0.4 is 5.73 Å². The van der Waals surface area contributed by atoms with Crippen LogP contribution in [-0.2, 0) is 14.3 Å². The molecular weight excluding hydrogens is 234 g/mol. The normalized spacial score (nSPS) is 14.4. The third-order valence-corrected chi connectivity index (χ3v) is 2.98. The molecule has 0 aromatic carbocycles. The lowest BCUT2D eigenvalue weighted by Gasteiger charge is -2.22. The molecule has 0 heterocycles. The number of carbonyl (C=O) groups is 1. The maximum Gasteiger partial charge on any atom is 0.323 e. The van der Waals surface area contributed by atoms with Crippen molar-refractivity contribution in [2.75, 3.05) is 26.4 Å². The standard InChI is InChI=1S/C13H27NO4/c1-3-5-8-17-10-11-18-9-6-7-13(14,4-2)12(15)16/h3-11,14H2,1-2H3,(H,15,16). The minimum absolute atomic E-state index is 0.433. The Morgan fingerprint density at radius 2 is 1.67 bits per heavy atom. The highest BCUT2D eigenvalue weighted by atomic mass is 16.5. The molecule has 3 N–H and O–H groups in total. The van der Waals surface area contributed by atoms with Gasteiger partial charge in [-0.25, -0.2) is 0 Å². The third kappa shape index (κ3) is 7.63. The lowest BCUT2D eigenvalue weighted by Crippen LogP contribution is -2.47. The molecule has 0 aliphatic rings. The zero-order valence-corrected chi connectivity index (χ0v) is 11.6. The molecule has 108 valence electrons. The van der Waals surface area contributed by atoms with E-state index in [9.17, 15) is 4.79 Å². The summed E-state index contributed by atoms with van der Waals surface area (Å²) in [5.74, 6) is -0.937. The fourth-order valence-electron chi connectivity index (χ4n) is 1.49. The summed E-state index contributed by atoms with van der Waals surface area (Å²) in [7, 11) is 0. The quantitative estimate of drug-likeness (QED) is 0.523. The van der Waals surface area contributed by atoms with E-state index in [1.807, 2.05) is 0 Å². The minimum atomic E-state index is -1.11. The number of aliphatic carboxylic acids is 1. The first kappa shape index (κ1) is 17.4. The fraction of sp³-hybridized carbons (Fsp3) is 0.923. The number of hydrogen-bond acceptors (Lipinski definition) is 4. The summed E-state index contributed by atoms with van der Waals surface area (Å²) >= 11 is 0. The van der Waals surface area contributed by atoms with E-state index < -0.39 is 11.5 Å². The molecule has 0 saturated carbocycles. The Morgan fingerprint density at radius 1 is 1.11 bits per heavy atom. The highest BCUT2D eigenvalue weighted by molar-refractivity contribution is 5.78. The van der Waals surface area contributed by atoms with Crippen molar-refractivity contribution in [2.24, 2.45) is 5.73 Å². The summed E-state index contributed by atoms with van der Waals surface area (Å²) in [5.41, 5.74) is 4.65. The van der Waals surface area contributed by atoms with Gasteiger partial charge in [0.25, 0.3) is 0 Å². The summed E-state index contributed by atoms with van der Waals surface area (Å²) < 4.78 is 10.7. The van der Waals surface area contributed by atoms with Gasteiger partial charge in [0, 0.05) is 13.2 Å². The molecule has 0 aromatic heterocycles. The largest absolute Gasteiger partial charge is 0.480 e. The molecule has 0 aliphatic heterocycles. The van der Waals surface area contributed by atoms with Gasteiger partial charge in [-0.15, -0.1) is 0 Å². The zero-order valence-electron chi connectivity index (χ0n) is 11.6. The summed E-state index contributed by atoms with van der Waals surface area (Å²) in [6.07, 6.45) is 3.74. The molecule has 18 heavy (non-hydrogen) atoms. The van der Waals surface area contributed by atoms with Crippen LogP contribution in [0.3, 0.4) is 0 Å². The van der Waals surface area contributed by atoms with Crippen molar-refractivity contribution in [3.05, 3.63) is 0 Å². The predicted octanol–water partition coefficient (Wildman–Crippen LogP) is 1.79. The van der Waals surface area contributed by atoms with E-state index in [0.717, 1.165) is 19.4 Å². The van der Waals surface area contributed by atoms with Crippen LogP contribution in [0, 0.1) is 0 Å². The van der Waals surface area contributed by atoms with E-state index in [1.54, 1.807) is 6.92 Å². The van der Waals surface area contributed by atoms with Crippen molar-refractivity contribution >= 4 is 5.97 Å². The van der Waals surface area contributed by atoms with Crippen molar-refractivity contribution in [1.29, 1.82) is 0 Å². The van der Waals surface area contributed by atoms with Crippen molar-refractivity contribution in [3.63, 3.8) is 0 Å². The Morgan fingerprint density at radius 3 is 2.11 bits per heavy atom. The van der Waals surface area contributed by atoms with Crippen molar-refractivity contribution in [2.45, 2.75) is 51.5 Å². The van der Waals surface area contributed by atoms with Gasteiger partial charge in [0.15, 0.2) is 0 Å². The molecule has 0 saturated heterocycles. The van der Waals surface area contributed by atoms with Crippen LogP contribution in [0.25, 0.3) is 0 Å². The van der Waals surface area contributed by atoms with E-state index in [-0.39, 0.29) is 0 Å². The first-order chi connectivity index (χ1) is 8.56. The second kappa shape index (κ2) is 10.3. The monoisotopic (exact) mass is 261 g/mol. The van der Waals surface area contributed by atoms with Crippen LogP contribution >= 0.6 is 0 Å². The smallest absolute Gasteiger partial charge is 0.323 e. The third-order valence-electron chi connectivity index (χ3n) is 2.98. The van der Waals surface area contributed by atoms with Crippen molar-refractivity contribution < 1.29 is 19.4 Å². The van der Waals surface area contributed by atoms with Crippen LogP contribution in [0.5, 0.6) is 0 Å². The van der Waals surface area contributed by atoms with Crippen LogP contribution in [0.2, 0.25) is 0 Å². The van der Waals surface area contributed by atoms with E-state index >= 15 is 0 Å². The summed E-state index contributed by atoms with van der Waals surface area (Å²) in [6.45, 7) is 6.37. The lowest BCUT2D eigenvalue weighted by molar-refractivity contribution is -0.143. The predicted molar refractivity (Wildman–Crippen MR) is 70.6 cm³/mol. The summed E-state index contributed by atoms with van der Waals surface area (Å²) in [6, 6.07) is 0. The molecule has 0 spiro atoms. The van der Waals surface area contributed by atoms with Crippen LogP contribution in [-0.4, -0.2) is 43.0 Å². The van der Waals surface area contributed by atoms with Crippen molar-refractivity contribution in [1.82, 2.24) is 0 Å². The molecule has 0 aromatic rings. The average molecular weight is 261 g/mol. The number of unbranched alkanes of at least 4 members (excludes halogenated alkanes) is 1. The van der Waals surface area contributed by atoms with Gasteiger partial charge in [-0.3, -0.25) is 4.79 Å². The first-order valence-corrected chi connectivity index (χ1v) is 6.74. The molecular formula is C13H27NO4. The number of nitrogens with two attached hydrogens (primary N) is 1. The van der Waals surface area contributed by atoms with Gasteiger partial charge in [-0.2, -0.15) is 0 Å². The number of carboxylic acids is 1. The summed E-state index contributed by atoms with van der Waals surface area (Å²) in [5, 5.41) is 8.97. The first-order valence-electron chi connectivity index (χ1n) is 6.74. The molecule has 1 unspecified atom stereocenters. The van der Waals surface area contributed by atoms with Gasteiger partial charge in [0.2, 0.25) is 0 Å². The zero-order chi connectivity index (χ0) is 13.9. The molecule has 0 fully saturated rings. The second-order valence-corrected chi connectivity index (χ2v) is 4.50. The second-order valence-electron chi connectivity index (χ2n) is 4.50. The highest BCUT2D eigenvalue weighted by Crippen LogP contribution is 2.14. The van der Waals surface area contributed by atoms with E-state index in [4.69, 9.17) is 20.3 Å². The molecule has 5 heteroatoms. The molecule has 0 bridgehead atoms. The van der Waals surface area contributed by atoms with Crippen LogP contribution in [0.1, 0.15) is 46.0 Å². The highest BCUT2D eigenvalue weighted by Gasteiger charge is 2.30. The number of carboxylic acid groups (broad SMARTS) is 1. The van der Waals surface area contributed by atoms with Crippen LogP contribution in [0.4, 0.5) is 0 Å². The Bertz CT molecular complexity index is 223.